The lowest BCUT2D eigenvalue weighted by atomic mass is 10.1. The Hall–Kier alpha value is -2.61. The van der Waals surface area contributed by atoms with Gasteiger partial charge >= 0.3 is 0 Å². The van der Waals surface area contributed by atoms with Gasteiger partial charge in [-0.15, -0.1) is 0 Å². The molecule has 2 rings (SSSR count). The van der Waals surface area contributed by atoms with Crippen molar-refractivity contribution in [1.29, 1.82) is 0 Å². The standard InChI is InChI=1S/C16H13F2NO4S/c17-12-3-1-11(2-4-12)15(20)9-24(22,23)10-16(21)19-14-7-5-13(18)6-8-14/h1-8H,9-10H2,(H,19,21). The molecule has 0 saturated carbocycles. The molecule has 0 saturated heterocycles. The van der Waals surface area contributed by atoms with Crippen molar-refractivity contribution in [2.75, 3.05) is 16.8 Å². The summed E-state index contributed by atoms with van der Waals surface area (Å²) in [5.41, 5.74) is 0.278. The van der Waals surface area contributed by atoms with E-state index in [1.807, 2.05) is 0 Å². The predicted molar refractivity (Wildman–Crippen MR) is 84.4 cm³/mol. The Morgan fingerprint density at radius 3 is 1.88 bits per heavy atom. The smallest absolute Gasteiger partial charge is 0.239 e. The molecule has 24 heavy (non-hydrogen) atoms. The summed E-state index contributed by atoms with van der Waals surface area (Å²) in [6.07, 6.45) is 0. The normalized spacial score (nSPS) is 11.1. The van der Waals surface area contributed by atoms with Gasteiger partial charge in [-0.25, -0.2) is 17.2 Å². The van der Waals surface area contributed by atoms with Crippen molar-refractivity contribution < 1.29 is 26.8 Å². The molecule has 1 amide bonds. The number of nitrogens with one attached hydrogen (secondary N) is 1. The van der Waals surface area contributed by atoms with Gasteiger partial charge in [0.05, 0.1) is 0 Å². The lowest BCUT2D eigenvalue weighted by Gasteiger charge is -2.06. The maximum atomic E-state index is 12.8. The largest absolute Gasteiger partial charge is 0.325 e. The van der Waals surface area contributed by atoms with Crippen LogP contribution < -0.4 is 5.32 Å². The van der Waals surface area contributed by atoms with Gasteiger partial charge in [0.2, 0.25) is 5.91 Å². The summed E-state index contributed by atoms with van der Waals surface area (Å²) in [6.45, 7) is 0. The van der Waals surface area contributed by atoms with E-state index in [1.54, 1.807) is 0 Å². The second-order valence-corrected chi connectivity index (χ2v) is 7.08. The van der Waals surface area contributed by atoms with E-state index in [0.29, 0.717) is 0 Å². The fourth-order valence-electron chi connectivity index (χ4n) is 1.90. The first kappa shape index (κ1) is 17.7. The average molecular weight is 353 g/mol. The van der Waals surface area contributed by atoms with Crippen LogP contribution in [0.4, 0.5) is 14.5 Å². The van der Waals surface area contributed by atoms with Crippen LogP contribution in [0.3, 0.4) is 0 Å². The van der Waals surface area contributed by atoms with E-state index in [1.165, 1.54) is 24.3 Å². The van der Waals surface area contributed by atoms with E-state index in [0.717, 1.165) is 24.3 Å². The fourth-order valence-corrected chi connectivity index (χ4v) is 3.04. The van der Waals surface area contributed by atoms with Crippen molar-refractivity contribution >= 4 is 27.2 Å². The zero-order valence-electron chi connectivity index (χ0n) is 12.3. The van der Waals surface area contributed by atoms with Gasteiger partial charge in [-0.05, 0) is 48.5 Å². The number of carbonyl (C=O) groups is 2. The van der Waals surface area contributed by atoms with Gasteiger partial charge in [0.25, 0.3) is 0 Å². The molecule has 2 aromatic carbocycles. The molecule has 5 nitrogen and oxygen atoms in total. The zero-order valence-corrected chi connectivity index (χ0v) is 13.1. The van der Waals surface area contributed by atoms with E-state index < -0.39 is 44.7 Å². The van der Waals surface area contributed by atoms with E-state index >= 15 is 0 Å². The molecule has 0 aliphatic rings. The fraction of sp³-hybridized carbons (Fsp3) is 0.125. The van der Waals surface area contributed by atoms with Crippen molar-refractivity contribution in [2.24, 2.45) is 0 Å². The first-order valence-corrected chi connectivity index (χ1v) is 8.62. The van der Waals surface area contributed by atoms with Crippen LogP contribution in [0.5, 0.6) is 0 Å². The first-order chi connectivity index (χ1) is 11.2. The Morgan fingerprint density at radius 2 is 1.33 bits per heavy atom. The van der Waals surface area contributed by atoms with Crippen molar-refractivity contribution in [1.82, 2.24) is 0 Å². The summed E-state index contributed by atoms with van der Waals surface area (Å²) >= 11 is 0. The van der Waals surface area contributed by atoms with Crippen LogP contribution in [0, 0.1) is 11.6 Å². The third kappa shape index (κ3) is 5.24. The minimum Gasteiger partial charge on any atom is -0.325 e. The highest BCUT2D eigenvalue weighted by atomic mass is 32.2. The number of Topliss-reactive ketones (excluding diaryl/α,β-unsaturated/α-hetero) is 1. The molecule has 0 bridgehead atoms. The summed E-state index contributed by atoms with van der Waals surface area (Å²) in [4.78, 5) is 23.6. The number of carbonyl (C=O) groups excluding carboxylic acids is 2. The van der Waals surface area contributed by atoms with Gasteiger partial charge in [0.15, 0.2) is 15.6 Å². The van der Waals surface area contributed by atoms with Gasteiger partial charge in [-0.1, -0.05) is 0 Å². The second-order valence-electron chi connectivity index (χ2n) is 5.02. The van der Waals surface area contributed by atoms with Crippen LogP contribution in [0.1, 0.15) is 10.4 Å². The van der Waals surface area contributed by atoms with Crippen molar-refractivity contribution in [3.63, 3.8) is 0 Å². The highest BCUT2D eigenvalue weighted by Crippen LogP contribution is 2.09. The molecular formula is C16H13F2NO4S. The van der Waals surface area contributed by atoms with E-state index in [2.05, 4.69) is 5.32 Å². The summed E-state index contributed by atoms with van der Waals surface area (Å²) in [5, 5.41) is 2.30. The SMILES string of the molecule is O=C(CS(=O)(=O)CC(=O)c1ccc(F)cc1)Nc1ccc(F)cc1. The van der Waals surface area contributed by atoms with Gasteiger partial charge in [0.1, 0.15) is 23.1 Å². The molecule has 0 aliphatic carbocycles. The summed E-state index contributed by atoms with van der Waals surface area (Å²) in [5.74, 6) is -4.37. The quantitative estimate of drug-likeness (QED) is 0.808. The first-order valence-electron chi connectivity index (χ1n) is 6.80. The number of anilines is 1. The number of hydrogen-bond donors (Lipinski definition) is 1. The molecule has 0 radical (unpaired) electrons. The molecule has 126 valence electrons. The molecule has 8 heteroatoms. The van der Waals surface area contributed by atoms with Gasteiger partial charge in [-0.3, -0.25) is 9.59 Å². The van der Waals surface area contributed by atoms with E-state index in [-0.39, 0.29) is 11.3 Å². The van der Waals surface area contributed by atoms with Crippen molar-refractivity contribution in [3.05, 3.63) is 65.7 Å². The monoisotopic (exact) mass is 353 g/mol. The van der Waals surface area contributed by atoms with Crippen LogP contribution >= 0.6 is 0 Å². The number of ketones is 1. The minimum atomic E-state index is -4.00. The van der Waals surface area contributed by atoms with Crippen molar-refractivity contribution in [2.45, 2.75) is 0 Å². The lowest BCUT2D eigenvalue weighted by Crippen LogP contribution is -2.27. The Bertz CT molecular complexity index is 847. The van der Waals surface area contributed by atoms with E-state index in [9.17, 15) is 26.8 Å². The zero-order chi connectivity index (χ0) is 17.7. The number of halogens is 2. The molecule has 2 aromatic rings. The van der Waals surface area contributed by atoms with Gasteiger partial charge in [0, 0.05) is 11.3 Å². The lowest BCUT2D eigenvalue weighted by molar-refractivity contribution is -0.113. The van der Waals surface area contributed by atoms with Crippen LogP contribution in [-0.4, -0.2) is 31.6 Å². The number of benzene rings is 2. The number of hydrogen-bond acceptors (Lipinski definition) is 4. The Labute approximate surface area is 137 Å². The number of rotatable bonds is 6. The van der Waals surface area contributed by atoms with Crippen LogP contribution in [0.25, 0.3) is 0 Å². The highest BCUT2D eigenvalue weighted by Gasteiger charge is 2.21. The van der Waals surface area contributed by atoms with Crippen LogP contribution in [0.15, 0.2) is 48.5 Å². The third-order valence-corrected chi connectivity index (χ3v) is 4.40. The maximum absolute atomic E-state index is 12.8. The topological polar surface area (TPSA) is 80.3 Å². The highest BCUT2D eigenvalue weighted by molar-refractivity contribution is 7.92. The molecule has 0 fully saturated rings. The molecule has 1 N–H and O–H groups in total. The molecular weight excluding hydrogens is 340 g/mol. The molecule has 0 aromatic heterocycles. The average Bonchev–Trinajstić information content (AvgIpc) is 2.49. The predicted octanol–water partition coefficient (Wildman–Crippen LogP) is 2.20. The van der Waals surface area contributed by atoms with Gasteiger partial charge in [-0.2, -0.15) is 0 Å². The Balaban J connectivity index is 1.97. The molecule has 0 aliphatic heterocycles. The molecule has 0 heterocycles. The van der Waals surface area contributed by atoms with Crippen molar-refractivity contribution in [3.8, 4) is 0 Å². The number of sulfone groups is 1. The molecule has 0 spiro atoms. The van der Waals surface area contributed by atoms with Crippen LogP contribution in [0.2, 0.25) is 0 Å². The molecule has 0 unspecified atom stereocenters. The maximum Gasteiger partial charge on any atom is 0.239 e. The minimum absolute atomic E-state index is 0.0407. The second kappa shape index (κ2) is 7.31. The Morgan fingerprint density at radius 1 is 0.833 bits per heavy atom. The Kier molecular flexibility index (Phi) is 5.40. The van der Waals surface area contributed by atoms with Crippen LogP contribution in [-0.2, 0) is 14.6 Å². The summed E-state index contributed by atoms with van der Waals surface area (Å²) in [6, 6.07) is 9.22. The number of amides is 1. The summed E-state index contributed by atoms with van der Waals surface area (Å²) in [7, 11) is -4.00. The third-order valence-electron chi connectivity index (χ3n) is 3.00. The van der Waals surface area contributed by atoms with Gasteiger partial charge < -0.3 is 5.32 Å². The summed E-state index contributed by atoms with van der Waals surface area (Å²) < 4.78 is 49.4. The van der Waals surface area contributed by atoms with E-state index in [4.69, 9.17) is 0 Å². The molecule has 0 atom stereocenters.